The van der Waals surface area contributed by atoms with Gasteiger partial charge in [-0.15, -0.1) is 0 Å². The third-order valence-electron chi connectivity index (χ3n) is 6.21. The summed E-state index contributed by atoms with van der Waals surface area (Å²) in [5.74, 6) is 2.02. The molecule has 0 spiro atoms. The number of hydrogen-bond donors (Lipinski definition) is 1. The van der Waals surface area contributed by atoms with Crippen molar-refractivity contribution >= 4 is 46.2 Å². The van der Waals surface area contributed by atoms with Crippen molar-refractivity contribution < 1.29 is 13.9 Å². The van der Waals surface area contributed by atoms with Crippen LogP contribution in [0.3, 0.4) is 0 Å². The number of aromatic nitrogens is 1. The number of methoxy groups -OCH3 is 1. The molecule has 1 aliphatic rings. The van der Waals surface area contributed by atoms with Crippen molar-refractivity contribution in [2.75, 3.05) is 25.2 Å². The number of ether oxygens (including phenoxy) is 2. The second-order valence-electron chi connectivity index (χ2n) is 8.62. The van der Waals surface area contributed by atoms with Crippen molar-refractivity contribution in [1.82, 2.24) is 10.3 Å². The molecule has 6 nitrogen and oxygen atoms in total. The molecule has 0 saturated carbocycles. The van der Waals surface area contributed by atoms with Crippen LogP contribution in [0.1, 0.15) is 29.1 Å². The van der Waals surface area contributed by atoms with E-state index >= 15 is 0 Å². The number of benzene rings is 2. The van der Waals surface area contributed by atoms with Crippen LogP contribution in [0.25, 0.3) is 11.3 Å². The molecule has 1 fully saturated rings. The maximum Gasteiger partial charge on any atom is 0.174 e. The van der Waals surface area contributed by atoms with E-state index < -0.39 is 0 Å². The Bertz CT molecular complexity index is 1410. The topological polar surface area (TPSA) is 59.8 Å². The van der Waals surface area contributed by atoms with Gasteiger partial charge in [-0.1, -0.05) is 41.4 Å². The summed E-state index contributed by atoms with van der Waals surface area (Å²) in [5, 5.41) is 5.14. The summed E-state index contributed by atoms with van der Waals surface area (Å²) in [5.41, 5.74) is 3.56. The molecule has 2 aromatic carbocycles. The van der Waals surface area contributed by atoms with Gasteiger partial charge in [-0.2, -0.15) is 0 Å². The predicted octanol–water partition coefficient (Wildman–Crippen LogP) is 7.16. The zero-order valence-corrected chi connectivity index (χ0v) is 22.6. The van der Waals surface area contributed by atoms with E-state index in [1.165, 1.54) is 0 Å². The van der Waals surface area contributed by atoms with E-state index in [4.69, 9.17) is 49.3 Å². The van der Waals surface area contributed by atoms with Gasteiger partial charge < -0.3 is 24.1 Å². The van der Waals surface area contributed by atoms with E-state index in [0.717, 1.165) is 34.0 Å². The summed E-state index contributed by atoms with van der Waals surface area (Å²) in [6, 6.07) is 20.7. The highest BCUT2D eigenvalue weighted by molar-refractivity contribution is 7.80. The minimum Gasteiger partial charge on any atom is -0.490 e. The quantitative estimate of drug-likeness (QED) is 0.183. The first-order valence-corrected chi connectivity index (χ1v) is 12.9. The molecule has 1 saturated heterocycles. The number of anilines is 1. The number of nitrogens with one attached hydrogen (secondary N) is 1. The molecule has 4 aromatic rings. The normalized spacial score (nSPS) is 17.2. The summed E-state index contributed by atoms with van der Waals surface area (Å²) < 4.78 is 17.2. The standard InChI is InChI=1S/C28H25Cl2N3O3S/c1-17-6-7-18(15-20(17)29)23-10-11-25(36-23)27-26(22-5-3-4-12-31-22)32-28(37)33(27)19-8-9-24(21(30)16-19)35-14-13-34-2/h3-12,15-16,26-27H,13-14H2,1-2H3,(H,32,37). The van der Waals surface area contributed by atoms with Crippen molar-refractivity contribution in [1.29, 1.82) is 0 Å². The van der Waals surface area contributed by atoms with Crippen molar-refractivity contribution in [3.05, 3.63) is 100.0 Å². The zero-order valence-electron chi connectivity index (χ0n) is 20.3. The smallest absolute Gasteiger partial charge is 0.174 e. The van der Waals surface area contributed by atoms with Crippen LogP contribution in [0.4, 0.5) is 5.69 Å². The van der Waals surface area contributed by atoms with Gasteiger partial charge in [0, 0.05) is 29.6 Å². The van der Waals surface area contributed by atoms with Crippen molar-refractivity contribution in [3.8, 4) is 17.1 Å². The fourth-order valence-corrected chi connectivity index (χ4v) is 5.08. The average Bonchev–Trinajstić information content (AvgIpc) is 3.52. The van der Waals surface area contributed by atoms with Crippen LogP contribution >= 0.6 is 35.4 Å². The molecule has 0 aliphatic carbocycles. The van der Waals surface area contributed by atoms with Crippen LogP contribution in [0.2, 0.25) is 10.0 Å². The molecule has 1 N–H and O–H groups in total. The molecule has 1 aliphatic heterocycles. The van der Waals surface area contributed by atoms with Crippen LogP contribution in [0.5, 0.6) is 5.75 Å². The number of halogens is 2. The second-order valence-corrected chi connectivity index (χ2v) is 9.82. The highest BCUT2D eigenvalue weighted by Gasteiger charge is 2.42. The Morgan fingerprint density at radius 3 is 2.62 bits per heavy atom. The van der Waals surface area contributed by atoms with Crippen LogP contribution < -0.4 is 15.0 Å². The van der Waals surface area contributed by atoms with Gasteiger partial charge >= 0.3 is 0 Å². The Balaban J connectivity index is 1.53. The SMILES string of the molecule is COCCOc1ccc(N2C(=S)NC(c3ccccn3)C2c2ccc(-c3ccc(C)c(Cl)c3)o2)cc1Cl. The minimum atomic E-state index is -0.312. The lowest BCUT2D eigenvalue weighted by Gasteiger charge is -2.26. The predicted molar refractivity (Wildman–Crippen MR) is 151 cm³/mol. The molecule has 0 radical (unpaired) electrons. The fourth-order valence-electron chi connectivity index (χ4n) is 4.33. The second kappa shape index (κ2) is 11.1. The number of nitrogens with zero attached hydrogens (tertiary/aromatic N) is 2. The van der Waals surface area contributed by atoms with E-state index in [1.807, 2.05) is 78.6 Å². The Labute approximate surface area is 231 Å². The molecular weight excluding hydrogens is 529 g/mol. The summed E-state index contributed by atoms with van der Waals surface area (Å²) in [4.78, 5) is 6.60. The zero-order chi connectivity index (χ0) is 25.9. The van der Waals surface area contributed by atoms with Gasteiger partial charge in [0.1, 0.15) is 29.9 Å². The van der Waals surface area contributed by atoms with Crippen LogP contribution in [-0.2, 0) is 4.74 Å². The molecule has 37 heavy (non-hydrogen) atoms. The number of rotatable bonds is 8. The highest BCUT2D eigenvalue weighted by Crippen LogP contribution is 2.44. The van der Waals surface area contributed by atoms with Crippen molar-refractivity contribution in [3.63, 3.8) is 0 Å². The Morgan fingerprint density at radius 1 is 1.03 bits per heavy atom. The third-order valence-corrected chi connectivity index (χ3v) is 7.23. The molecule has 2 aromatic heterocycles. The van der Waals surface area contributed by atoms with Gasteiger partial charge in [0.2, 0.25) is 0 Å². The highest BCUT2D eigenvalue weighted by atomic mass is 35.5. The van der Waals surface area contributed by atoms with Crippen LogP contribution in [-0.4, -0.2) is 30.4 Å². The maximum atomic E-state index is 6.59. The van der Waals surface area contributed by atoms with Crippen LogP contribution in [0.15, 0.2) is 77.3 Å². The molecule has 2 unspecified atom stereocenters. The molecule has 0 amide bonds. The molecule has 3 heterocycles. The summed E-state index contributed by atoms with van der Waals surface area (Å²) in [7, 11) is 1.63. The largest absolute Gasteiger partial charge is 0.490 e. The van der Waals surface area contributed by atoms with Gasteiger partial charge in [0.15, 0.2) is 5.11 Å². The van der Waals surface area contributed by atoms with Gasteiger partial charge in [-0.3, -0.25) is 4.98 Å². The number of hydrogen-bond acceptors (Lipinski definition) is 5. The monoisotopic (exact) mass is 553 g/mol. The first-order valence-electron chi connectivity index (χ1n) is 11.7. The molecule has 2 atom stereocenters. The maximum absolute atomic E-state index is 6.59. The molecule has 9 heteroatoms. The first kappa shape index (κ1) is 25.5. The summed E-state index contributed by atoms with van der Waals surface area (Å²) in [6.07, 6.45) is 1.77. The van der Waals surface area contributed by atoms with Crippen LogP contribution in [0, 0.1) is 6.92 Å². The van der Waals surface area contributed by atoms with E-state index in [9.17, 15) is 0 Å². The lowest BCUT2D eigenvalue weighted by molar-refractivity contribution is 0.146. The van der Waals surface area contributed by atoms with Gasteiger partial charge in [0.05, 0.1) is 23.4 Å². The number of aryl methyl sites for hydroxylation is 1. The Kier molecular flexibility index (Phi) is 7.67. The average molecular weight is 554 g/mol. The van der Waals surface area contributed by atoms with E-state index in [1.54, 1.807) is 13.3 Å². The fraction of sp³-hybridized carbons (Fsp3) is 0.214. The summed E-state index contributed by atoms with van der Waals surface area (Å²) in [6.45, 7) is 2.85. The van der Waals surface area contributed by atoms with E-state index in [-0.39, 0.29) is 12.1 Å². The van der Waals surface area contributed by atoms with Gasteiger partial charge in [-0.25, -0.2) is 0 Å². The summed E-state index contributed by atoms with van der Waals surface area (Å²) >= 11 is 18.8. The Hall–Kier alpha value is -3.10. The number of pyridine rings is 1. The lowest BCUT2D eigenvalue weighted by atomic mass is 10.0. The van der Waals surface area contributed by atoms with Gasteiger partial charge in [0.25, 0.3) is 0 Å². The van der Waals surface area contributed by atoms with Gasteiger partial charge in [-0.05, 0) is 73.2 Å². The van der Waals surface area contributed by atoms with E-state index in [2.05, 4.69) is 10.3 Å². The molecular formula is C28H25Cl2N3O3S. The minimum absolute atomic E-state index is 0.245. The Morgan fingerprint density at radius 2 is 1.89 bits per heavy atom. The first-order chi connectivity index (χ1) is 18.0. The van der Waals surface area contributed by atoms with Crippen molar-refractivity contribution in [2.45, 2.75) is 19.0 Å². The molecule has 5 rings (SSSR count). The lowest BCUT2D eigenvalue weighted by Crippen LogP contribution is -2.29. The number of furan rings is 1. The molecule has 0 bridgehead atoms. The van der Waals surface area contributed by atoms with Crippen molar-refractivity contribution in [2.24, 2.45) is 0 Å². The third kappa shape index (κ3) is 5.31. The molecule has 190 valence electrons. The van der Waals surface area contributed by atoms with E-state index in [0.29, 0.717) is 34.1 Å². The number of thiocarbonyl (C=S) groups is 1.